The van der Waals surface area contributed by atoms with Gasteiger partial charge >= 0.3 is 0 Å². The third-order valence-corrected chi connectivity index (χ3v) is 6.11. The zero-order chi connectivity index (χ0) is 20.3. The van der Waals surface area contributed by atoms with Crippen LogP contribution in [0.2, 0.25) is 0 Å². The number of benzene rings is 2. The van der Waals surface area contributed by atoms with E-state index in [2.05, 4.69) is 15.1 Å². The Kier molecular flexibility index (Phi) is 6.25. The molecule has 29 heavy (non-hydrogen) atoms. The first-order valence-corrected chi connectivity index (χ1v) is 10.4. The number of nitrogens with one attached hydrogen (secondary N) is 1. The van der Waals surface area contributed by atoms with Crippen LogP contribution in [0.25, 0.3) is 0 Å². The number of piperazine rings is 1. The maximum Gasteiger partial charge on any atom is 0.123 e. The van der Waals surface area contributed by atoms with Crippen LogP contribution in [0.3, 0.4) is 0 Å². The lowest BCUT2D eigenvalue weighted by Gasteiger charge is -2.43. The molecular weight excluding hydrogens is 372 g/mol. The molecule has 156 valence electrons. The van der Waals surface area contributed by atoms with Crippen LogP contribution in [0.5, 0.6) is 0 Å². The topological polar surface area (TPSA) is 38.7 Å². The second-order valence-corrected chi connectivity index (χ2v) is 8.32. The molecule has 1 atom stereocenters. The fraction of sp³-hybridized carbons (Fsp3) is 0.478. The number of hydrogen-bond donors (Lipinski definition) is 2. The van der Waals surface area contributed by atoms with Gasteiger partial charge in [-0.3, -0.25) is 9.80 Å². The van der Waals surface area contributed by atoms with E-state index < -0.39 is 5.60 Å². The lowest BCUT2D eigenvalue weighted by atomic mass is 9.93. The van der Waals surface area contributed by atoms with Crippen LogP contribution < -0.4 is 5.32 Å². The SMILES string of the molecule is O[C@]1(CN2CCN(C(c3ccc(F)cc3)c3ccc(F)cc3)CC2)CCCNC1. The number of piperidine rings is 1. The summed E-state index contributed by atoms with van der Waals surface area (Å²) in [5, 5.41) is 14.1. The molecule has 0 bridgehead atoms. The molecule has 6 heteroatoms. The van der Waals surface area contributed by atoms with Crippen molar-refractivity contribution < 1.29 is 13.9 Å². The lowest BCUT2D eigenvalue weighted by Crippen LogP contribution is -2.57. The largest absolute Gasteiger partial charge is 0.387 e. The minimum Gasteiger partial charge on any atom is -0.387 e. The molecule has 2 heterocycles. The molecule has 2 N–H and O–H groups in total. The van der Waals surface area contributed by atoms with Crippen molar-refractivity contribution >= 4 is 0 Å². The Labute approximate surface area is 171 Å². The van der Waals surface area contributed by atoms with Crippen LogP contribution in [-0.4, -0.2) is 66.3 Å². The van der Waals surface area contributed by atoms with E-state index in [9.17, 15) is 13.9 Å². The van der Waals surface area contributed by atoms with E-state index in [0.29, 0.717) is 13.1 Å². The molecule has 0 aliphatic carbocycles. The summed E-state index contributed by atoms with van der Waals surface area (Å²) < 4.78 is 26.9. The third-order valence-electron chi connectivity index (χ3n) is 6.11. The van der Waals surface area contributed by atoms with Crippen LogP contribution in [0, 0.1) is 11.6 Å². The van der Waals surface area contributed by atoms with E-state index in [1.54, 1.807) is 0 Å². The molecule has 0 saturated carbocycles. The quantitative estimate of drug-likeness (QED) is 0.808. The molecule has 2 fully saturated rings. The molecule has 2 aliphatic rings. The highest BCUT2D eigenvalue weighted by molar-refractivity contribution is 5.32. The van der Waals surface area contributed by atoms with Crippen molar-refractivity contribution in [3.8, 4) is 0 Å². The summed E-state index contributed by atoms with van der Waals surface area (Å²) in [6.07, 6.45) is 1.85. The van der Waals surface area contributed by atoms with Gasteiger partial charge in [-0.05, 0) is 54.8 Å². The fourth-order valence-corrected chi connectivity index (χ4v) is 4.59. The first-order chi connectivity index (χ1) is 14.0. The van der Waals surface area contributed by atoms with Gasteiger partial charge in [-0.25, -0.2) is 8.78 Å². The molecule has 2 saturated heterocycles. The average Bonchev–Trinajstić information content (AvgIpc) is 2.72. The highest BCUT2D eigenvalue weighted by Gasteiger charge is 2.33. The summed E-state index contributed by atoms with van der Waals surface area (Å²) in [6.45, 7) is 5.72. The van der Waals surface area contributed by atoms with E-state index in [4.69, 9.17) is 0 Å². The first kappa shape index (κ1) is 20.4. The van der Waals surface area contributed by atoms with Crippen LogP contribution in [0.1, 0.15) is 30.0 Å². The van der Waals surface area contributed by atoms with Crippen LogP contribution in [-0.2, 0) is 0 Å². The summed E-state index contributed by atoms with van der Waals surface area (Å²) in [4.78, 5) is 4.69. The summed E-state index contributed by atoms with van der Waals surface area (Å²) in [6, 6.07) is 13.1. The molecule has 4 rings (SSSR count). The maximum atomic E-state index is 13.5. The predicted octanol–water partition coefficient (Wildman–Crippen LogP) is 2.79. The minimum atomic E-state index is -0.645. The van der Waals surface area contributed by atoms with E-state index in [1.165, 1.54) is 24.3 Å². The minimum absolute atomic E-state index is 0.0437. The number of β-amino-alcohol motifs (C(OH)–C–C–N with tert-alkyl or cyclic N) is 1. The molecular formula is C23H29F2N3O. The predicted molar refractivity (Wildman–Crippen MR) is 110 cm³/mol. The van der Waals surface area contributed by atoms with Crippen LogP contribution >= 0.6 is 0 Å². The first-order valence-electron chi connectivity index (χ1n) is 10.4. The summed E-state index contributed by atoms with van der Waals surface area (Å²) in [5.41, 5.74) is 1.36. The highest BCUT2D eigenvalue weighted by Crippen LogP contribution is 2.30. The zero-order valence-corrected chi connectivity index (χ0v) is 16.7. The van der Waals surface area contributed by atoms with Gasteiger partial charge in [-0.1, -0.05) is 24.3 Å². The van der Waals surface area contributed by atoms with Crippen molar-refractivity contribution in [3.63, 3.8) is 0 Å². The van der Waals surface area contributed by atoms with Crippen LogP contribution in [0.15, 0.2) is 48.5 Å². The van der Waals surface area contributed by atoms with Gasteiger partial charge in [0.1, 0.15) is 11.6 Å². The van der Waals surface area contributed by atoms with E-state index in [1.807, 2.05) is 24.3 Å². The Morgan fingerprint density at radius 3 is 1.93 bits per heavy atom. The van der Waals surface area contributed by atoms with Gasteiger partial charge < -0.3 is 10.4 Å². The van der Waals surface area contributed by atoms with Crippen molar-refractivity contribution in [3.05, 3.63) is 71.3 Å². The summed E-state index contributed by atoms with van der Waals surface area (Å²) in [5.74, 6) is -0.517. The van der Waals surface area contributed by atoms with E-state index in [-0.39, 0.29) is 17.7 Å². The smallest absolute Gasteiger partial charge is 0.123 e. The van der Waals surface area contributed by atoms with E-state index in [0.717, 1.165) is 56.7 Å². The van der Waals surface area contributed by atoms with Crippen molar-refractivity contribution in [2.24, 2.45) is 0 Å². The second-order valence-electron chi connectivity index (χ2n) is 8.32. The van der Waals surface area contributed by atoms with Crippen molar-refractivity contribution in [1.29, 1.82) is 0 Å². The van der Waals surface area contributed by atoms with Gasteiger partial charge in [-0.2, -0.15) is 0 Å². The Morgan fingerprint density at radius 1 is 0.897 bits per heavy atom. The summed E-state index contributed by atoms with van der Waals surface area (Å²) >= 11 is 0. The van der Waals surface area contributed by atoms with Gasteiger partial charge in [0.15, 0.2) is 0 Å². The van der Waals surface area contributed by atoms with E-state index >= 15 is 0 Å². The second kappa shape index (κ2) is 8.88. The standard InChI is InChI=1S/C23H29F2N3O/c24-20-6-2-18(3-7-20)22(19-4-8-21(25)9-5-19)28-14-12-27(13-15-28)17-23(29)10-1-11-26-16-23/h2-9,22,26,29H,1,10-17H2/t23-/m1/s1. The third kappa shape index (κ3) is 5.01. The Morgan fingerprint density at radius 2 is 1.45 bits per heavy atom. The normalized spacial score (nSPS) is 24.1. The molecule has 2 aromatic carbocycles. The van der Waals surface area contributed by atoms with Crippen molar-refractivity contribution in [1.82, 2.24) is 15.1 Å². The van der Waals surface area contributed by atoms with Gasteiger partial charge in [0, 0.05) is 39.3 Å². The number of aliphatic hydroxyl groups is 1. The molecule has 0 spiro atoms. The molecule has 2 aliphatic heterocycles. The van der Waals surface area contributed by atoms with Crippen molar-refractivity contribution in [2.75, 3.05) is 45.8 Å². The molecule has 4 nitrogen and oxygen atoms in total. The number of hydrogen-bond acceptors (Lipinski definition) is 4. The molecule has 0 aromatic heterocycles. The monoisotopic (exact) mass is 401 g/mol. The highest BCUT2D eigenvalue weighted by atomic mass is 19.1. The zero-order valence-electron chi connectivity index (χ0n) is 16.7. The number of halogens is 2. The Balaban J connectivity index is 1.47. The summed E-state index contributed by atoms with van der Waals surface area (Å²) in [7, 11) is 0. The molecule has 0 amide bonds. The molecule has 2 aromatic rings. The number of rotatable bonds is 5. The lowest BCUT2D eigenvalue weighted by molar-refractivity contribution is -0.0278. The maximum absolute atomic E-state index is 13.5. The fourth-order valence-electron chi connectivity index (χ4n) is 4.59. The van der Waals surface area contributed by atoms with Gasteiger partial charge in [0.2, 0.25) is 0 Å². The average molecular weight is 402 g/mol. The van der Waals surface area contributed by atoms with Gasteiger partial charge in [0.25, 0.3) is 0 Å². The molecule has 0 unspecified atom stereocenters. The van der Waals surface area contributed by atoms with Crippen molar-refractivity contribution in [2.45, 2.75) is 24.5 Å². The van der Waals surface area contributed by atoms with Crippen LogP contribution in [0.4, 0.5) is 8.78 Å². The molecule has 0 radical (unpaired) electrons. The Bertz CT molecular complexity index is 737. The Hall–Kier alpha value is -1.86. The van der Waals surface area contributed by atoms with Gasteiger partial charge in [-0.15, -0.1) is 0 Å². The number of nitrogens with zero attached hydrogens (tertiary/aromatic N) is 2. The van der Waals surface area contributed by atoms with Gasteiger partial charge in [0.05, 0.1) is 11.6 Å².